The normalized spacial score (nSPS) is 27.9. The number of carbonyl (C=O) groups is 12. The summed E-state index contributed by atoms with van der Waals surface area (Å²) in [6, 6.07) is -14.3. The van der Waals surface area contributed by atoms with Gasteiger partial charge in [0.25, 0.3) is 0 Å². The molecular weight excluding hydrogens is 1260 g/mol. The lowest BCUT2D eigenvalue weighted by Crippen LogP contribution is -2.64. The summed E-state index contributed by atoms with van der Waals surface area (Å²) in [5, 5.41) is 23.4. The van der Waals surface area contributed by atoms with E-state index in [-0.39, 0.29) is 76.0 Å². The Morgan fingerprint density at radius 2 is 1.02 bits per heavy atom. The minimum Gasteiger partial charge on any atom is -0.447 e. The Labute approximate surface area is 583 Å². The van der Waals surface area contributed by atoms with Gasteiger partial charge in [-0.25, -0.2) is 4.79 Å². The van der Waals surface area contributed by atoms with Crippen molar-refractivity contribution in [2.45, 2.75) is 235 Å². The molecule has 0 aliphatic carbocycles. The van der Waals surface area contributed by atoms with Crippen LogP contribution in [0.2, 0.25) is 0 Å². The van der Waals surface area contributed by atoms with Gasteiger partial charge in [-0.15, -0.1) is 0 Å². The zero-order valence-corrected chi connectivity index (χ0v) is 63.0. The summed E-state index contributed by atoms with van der Waals surface area (Å²) in [7, 11) is 8.48. The Kier molecular flexibility index (Phi) is 34.1. The summed E-state index contributed by atoms with van der Waals surface area (Å²) in [5.41, 5.74) is 0. The third-order valence-electron chi connectivity index (χ3n) is 18.9. The van der Waals surface area contributed by atoms with Crippen molar-refractivity contribution in [1.29, 1.82) is 0 Å². The quantitative estimate of drug-likeness (QED) is 0.0973. The van der Waals surface area contributed by atoms with Crippen LogP contribution < -0.4 is 21.3 Å². The van der Waals surface area contributed by atoms with Crippen molar-refractivity contribution < 1.29 is 76.9 Å². The highest BCUT2D eigenvalue weighted by atomic mass is 16.6. The Hall–Kier alpha value is -6.94. The number of fused-ring (bicyclic) bond motifs is 1. The largest absolute Gasteiger partial charge is 0.447 e. The minimum atomic E-state index is -1.69. The molecule has 12 amide bonds. The molecule has 3 fully saturated rings. The van der Waals surface area contributed by atoms with Gasteiger partial charge in [0, 0.05) is 68.3 Å². The topological polar surface area (TPSA) is 327 Å². The van der Waals surface area contributed by atoms with Crippen molar-refractivity contribution in [3.05, 3.63) is 12.2 Å². The smallest absolute Gasteiger partial charge is 0.409 e. The molecule has 3 rings (SSSR count). The number of hydrogen-bond donors (Lipinski definition) is 5. The van der Waals surface area contributed by atoms with Crippen LogP contribution in [0.25, 0.3) is 0 Å². The first-order valence-electron chi connectivity index (χ1n) is 35.2. The zero-order valence-electron chi connectivity index (χ0n) is 63.0. The first-order chi connectivity index (χ1) is 45.7. The van der Waals surface area contributed by atoms with Crippen LogP contribution in [0.5, 0.6) is 0 Å². The molecule has 0 aromatic carbocycles. The molecule has 3 aliphatic heterocycles. The molecule has 98 heavy (non-hydrogen) atoms. The molecule has 28 heteroatoms. The Morgan fingerprint density at radius 3 is 1.53 bits per heavy atom. The van der Waals surface area contributed by atoms with E-state index in [1.165, 1.54) is 90.4 Å². The molecule has 28 nitrogen and oxygen atoms in total. The molecule has 558 valence electrons. The monoisotopic (exact) mass is 1390 g/mol. The lowest BCUT2D eigenvalue weighted by Gasteiger charge is -2.41. The molecule has 1 unspecified atom stereocenters. The van der Waals surface area contributed by atoms with Crippen molar-refractivity contribution in [2.24, 2.45) is 41.4 Å². The van der Waals surface area contributed by atoms with Crippen molar-refractivity contribution >= 4 is 71.1 Å². The van der Waals surface area contributed by atoms with E-state index in [0.717, 1.165) is 4.90 Å². The minimum absolute atomic E-state index is 0.0599. The highest BCUT2D eigenvalue weighted by Gasteiger charge is 2.49. The number of carbonyl (C=O) groups excluding carboxylic acids is 12. The molecule has 3 heterocycles. The molecule has 0 saturated carbocycles. The maximum absolute atomic E-state index is 15.4. The van der Waals surface area contributed by atoms with E-state index in [2.05, 4.69) is 21.3 Å². The van der Waals surface area contributed by atoms with Crippen LogP contribution in [0.3, 0.4) is 0 Å². The van der Waals surface area contributed by atoms with Gasteiger partial charge in [-0.1, -0.05) is 109 Å². The highest BCUT2D eigenvalue weighted by Crippen LogP contribution is 2.29. The zero-order chi connectivity index (χ0) is 74.7. The third kappa shape index (κ3) is 22.8. The van der Waals surface area contributed by atoms with Gasteiger partial charge in [0.2, 0.25) is 65.0 Å². The van der Waals surface area contributed by atoms with E-state index >= 15 is 28.8 Å². The molecular formula is C70H122N12O16. The van der Waals surface area contributed by atoms with Crippen LogP contribution in [0.15, 0.2) is 12.2 Å². The average Bonchev–Trinajstić information content (AvgIpc) is 1.45. The van der Waals surface area contributed by atoms with Crippen molar-refractivity contribution in [1.82, 2.24) is 60.5 Å². The number of hydrogen-bond acceptors (Lipinski definition) is 16. The lowest BCUT2D eigenvalue weighted by molar-refractivity contribution is -0.157. The fourth-order valence-electron chi connectivity index (χ4n) is 13.0. The Bertz CT molecular complexity index is 2760. The molecule has 0 radical (unpaired) electrons. The molecule has 5 N–H and O–H groups in total. The molecule has 0 aromatic heterocycles. The van der Waals surface area contributed by atoms with Gasteiger partial charge < -0.3 is 79.8 Å². The molecule has 3 saturated heterocycles. The van der Waals surface area contributed by atoms with Gasteiger partial charge in [-0.3, -0.25) is 52.7 Å². The second-order valence-electron chi connectivity index (χ2n) is 29.3. The van der Waals surface area contributed by atoms with E-state index in [0.29, 0.717) is 26.3 Å². The molecule has 14 atom stereocenters. The summed E-state index contributed by atoms with van der Waals surface area (Å²) in [5.74, 6) is -10.8. The highest BCUT2D eigenvalue weighted by molar-refractivity contribution is 6.00. The standard InChI is InChI=1S/C70H122N12O16/c1-24-26-27-45(15)58(83)57-62(87)73-49(25-2)64(89)82-38-48(97-32-33-98-70(95)81-28-30-96-31-29-81)37-53(82)67(92)78(21)55(43(11)12)61(86)74-54(42(9)10)68(93)75(18)50(34-39(3)4)60(85)71-46(16)59(84)72-47(17)63(88)76(19)51(35-40(5)6)65(90)77(20)52(36-41(7)8)66(91)79(22)56(44(13)14)69(94)80(57)23/h24,26,39-58,83H,25,27-38H2,1-23H3,(H,71,85)(H,72,84)(H,73,87)(H,74,86)/b26-24+/t45-,46+,47-,48?,49+,50+,51+,52+,53-,54+,55+,56+,57+,58-/m1/s1. The average molecular weight is 1390 g/mol. The number of morpholine rings is 1. The van der Waals surface area contributed by atoms with Crippen molar-refractivity contribution in [3.63, 3.8) is 0 Å². The van der Waals surface area contributed by atoms with Crippen molar-refractivity contribution in [2.75, 3.05) is 88.3 Å². The van der Waals surface area contributed by atoms with E-state index in [9.17, 15) is 33.9 Å². The number of allylic oxidation sites excluding steroid dienone is 2. The van der Waals surface area contributed by atoms with E-state index in [4.69, 9.17) is 14.2 Å². The number of nitrogens with one attached hydrogen (secondary N) is 4. The number of amides is 12. The maximum atomic E-state index is 15.4. The van der Waals surface area contributed by atoms with E-state index < -0.39 is 173 Å². The van der Waals surface area contributed by atoms with Crippen LogP contribution in [0.4, 0.5) is 4.79 Å². The summed E-state index contributed by atoms with van der Waals surface area (Å²) < 4.78 is 17.1. The van der Waals surface area contributed by atoms with Crippen LogP contribution in [0, 0.1) is 41.4 Å². The predicted octanol–water partition coefficient (Wildman–Crippen LogP) is 2.88. The maximum Gasteiger partial charge on any atom is 0.409 e. The molecule has 0 aromatic rings. The van der Waals surface area contributed by atoms with Gasteiger partial charge in [0.1, 0.15) is 73.1 Å². The first kappa shape index (κ1) is 85.3. The van der Waals surface area contributed by atoms with Crippen LogP contribution in [-0.4, -0.2) is 282 Å². The SMILES string of the molecule is C/C=C/C[C@@H](C)[C@@H](O)[C@H]1C(=O)N[C@@H](CC)C(=O)N2CC(OCCOC(=O)N3CCOCC3)C[C@@H]2C(=O)N(C)[C@@H](C(C)C)C(=O)N[C@@H](C(C)C)C(=O)N(C)[C@@H](CC(C)C)C(=O)N[C@@H](C)C(=O)N[C@H](C)C(=O)N(C)[C@@H](CC(C)C)C(=O)N(C)[C@@H](CC(C)C)C(=O)N(C)[C@@H](C(C)C)C(=O)N1C. The Morgan fingerprint density at radius 1 is 0.541 bits per heavy atom. The number of aliphatic hydroxyl groups is 1. The first-order valence-corrected chi connectivity index (χ1v) is 35.2. The lowest BCUT2D eigenvalue weighted by atomic mass is 9.91. The number of likely N-dealkylation sites (N-methyl/N-ethyl adjacent to an activating group) is 6. The van der Waals surface area contributed by atoms with Gasteiger partial charge in [0.05, 0.1) is 32.0 Å². The number of aliphatic hydroxyl groups excluding tert-OH is 1. The van der Waals surface area contributed by atoms with E-state index in [1.54, 1.807) is 74.5 Å². The van der Waals surface area contributed by atoms with Crippen LogP contribution in [-0.2, 0) is 67.0 Å². The van der Waals surface area contributed by atoms with Gasteiger partial charge in [-0.2, -0.15) is 0 Å². The summed E-state index contributed by atoms with van der Waals surface area (Å²) in [4.78, 5) is 187. The van der Waals surface area contributed by atoms with Gasteiger partial charge in [0.15, 0.2) is 0 Å². The molecule has 0 spiro atoms. The summed E-state index contributed by atoms with van der Waals surface area (Å²) >= 11 is 0. The van der Waals surface area contributed by atoms with Gasteiger partial charge in [-0.05, 0) is 94.3 Å². The van der Waals surface area contributed by atoms with Crippen molar-refractivity contribution in [3.8, 4) is 0 Å². The van der Waals surface area contributed by atoms with E-state index in [1.807, 2.05) is 41.5 Å². The second kappa shape index (κ2) is 39.2. The number of rotatable bonds is 18. The molecule has 0 bridgehead atoms. The fourth-order valence-corrected chi connectivity index (χ4v) is 13.0. The Balaban J connectivity index is 2.36. The summed E-state index contributed by atoms with van der Waals surface area (Å²) in [6.07, 6.45) is 1.06. The molecule has 3 aliphatic rings. The van der Waals surface area contributed by atoms with Crippen LogP contribution >= 0.6 is 0 Å². The van der Waals surface area contributed by atoms with Crippen LogP contribution in [0.1, 0.15) is 156 Å². The number of ether oxygens (including phenoxy) is 3. The van der Waals surface area contributed by atoms with Gasteiger partial charge >= 0.3 is 6.09 Å². The predicted molar refractivity (Wildman–Crippen MR) is 370 cm³/mol. The fraction of sp³-hybridized carbons (Fsp3) is 0.800. The number of nitrogens with zero attached hydrogens (tertiary/aromatic N) is 8. The second-order valence-corrected chi connectivity index (χ2v) is 29.3. The third-order valence-corrected chi connectivity index (χ3v) is 18.9. The summed E-state index contributed by atoms with van der Waals surface area (Å²) in [6.45, 7) is 30.3.